The molecule has 0 spiro atoms. The van der Waals surface area contributed by atoms with Crippen LogP contribution in [-0.4, -0.2) is 72.8 Å². The summed E-state index contributed by atoms with van der Waals surface area (Å²) in [6.45, 7) is 43.7. The van der Waals surface area contributed by atoms with E-state index in [0.717, 1.165) is 134 Å². The van der Waals surface area contributed by atoms with Gasteiger partial charge < -0.3 is 38.4 Å². The third-order valence-electron chi connectivity index (χ3n) is 21.4. The number of ether oxygens (including phenoxy) is 6. The van der Waals surface area contributed by atoms with Crippen LogP contribution in [0.4, 0.5) is 0 Å². The van der Waals surface area contributed by atoms with E-state index in [1.165, 1.54) is 33.4 Å². The molecule has 13 heteroatoms. The van der Waals surface area contributed by atoms with Crippen molar-refractivity contribution in [1.29, 1.82) is 0 Å². The van der Waals surface area contributed by atoms with Crippen molar-refractivity contribution < 1.29 is 47.9 Å². The molecule has 0 atom stereocenters. The molecule has 113 heavy (non-hydrogen) atoms. The fraction of sp³-hybridized carbons (Fsp3) is 0.320. The van der Waals surface area contributed by atoms with Crippen molar-refractivity contribution in [2.75, 3.05) is 52.9 Å². The summed E-state index contributed by atoms with van der Waals surface area (Å²) >= 11 is 0. The van der Waals surface area contributed by atoms with Gasteiger partial charge in [0.1, 0.15) is 49.4 Å². The minimum Gasteiger partial charge on any atom is -0.657 e. The number of benzene rings is 7. The van der Waals surface area contributed by atoms with Crippen molar-refractivity contribution in [2.24, 2.45) is 0 Å². The molecule has 18 bridgehead atoms. The smallest absolute Gasteiger partial charge is 0.657 e. The second-order valence-corrected chi connectivity index (χ2v) is 36.2. The number of hydrogen-bond acceptors (Lipinski definition) is 10. The molecule has 0 N–H and O–H groups in total. The molecule has 5 aliphatic rings. The van der Waals surface area contributed by atoms with Gasteiger partial charge in [0.25, 0.3) is 0 Å². The van der Waals surface area contributed by atoms with Gasteiger partial charge in [0.15, 0.2) is 0 Å². The third-order valence-corrected chi connectivity index (χ3v) is 21.4. The van der Waals surface area contributed by atoms with E-state index in [1.807, 2.05) is 54.6 Å². The van der Waals surface area contributed by atoms with Gasteiger partial charge in [0.2, 0.25) is 0 Å². The van der Waals surface area contributed by atoms with E-state index in [1.54, 1.807) is 0 Å². The standard InChI is InChI=1S/C100H104N6O6.Zn/c1-95(2,3)69-49-65(50-70(57-69)96(4,5)6)89-81-33-35-83(101-81)90(66-51-71(97(7,8)9)58-72(52-66)98(10,11)12)85-37-39-87(103-85)92(88-40-38-86(104-88)91(84-36-34-82(89)102-84)67-53-73(99(13,14)15)59-74(54-67)100(16,17)18)68-55-77-60-78(56-68)112-48-44-108-42-46-110-76-29-23-62(24-30-76)80-32-26-64-20-19-63-25-31-79(105-93(63)94(64)106-80)61-21-27-75(28-22-61)109-45-41-107-43-47-111-77;/h19-40,49-60H,41-48H2,1-18H3;/q-2;+2. The van der Waals surface area contributed by atoms with Crippen molar-refractivity contribution in [3.63, 3.8) is 0 Å². The Balaban J connectivity index is 0.0000106. The Morgan fingerprint density at radius 2 is 0.504 bits per heavy atom. The summed E-state index contributed by atoms with van der Waals surface area (Å²) in [5.41, 5.74) is 25.2. The van der Waals surface area contributed by atoms with Crippen LogP contribution in [0.15, 0.2) is 182 Å². The van der Waals surface area contributed by atoms with E-state index in [-0.39, 0.29) is 65.2 Å². The van der Waals surface area contributed by atoms with Gasteiger partial charge in [-0.15, -0.1) is 22.1 Å². The monoisotopic (exact) mass is 1550 g/mol. The molecule has 17 rings (SSSR count). The van der Waals surface area contributed by atoms with E-state index >= 15 is 0 Å². The van der Waals surface area contributed by atoms with Crippen molar-refractivity contribution in [1.82, 2.24) is 29.9 Å². The fourth-order valence-corrected chi connectivity index (χ4v) is 14.7. The zero-order valence-electron chi connectivity index (χ0n) is 69.1. The van der Waals surface area contributed by atoms with E-state index < -0.39 is 0 Å². The minimum atomic E-state index is -0.187. The Morgan fingerprint density at radius 3 is 0.779 bits per heavy atom. The van der Waals surface area contributed by atoms with Gasteiger partial charge in [-0.2, -0.15) is 0 Å². The molecule has 0 radical (unpaired) electrons. The van der Waals surface area contributed by atoms with Gasteiger partial charge in [-0.3, -0.25) is 0 Å². The van der Waals surface area contributed by atoms with Crippen LogP contribution < -0.4 is 28.9 Å². The average molecular weight is 1550 g/mol. The molecule has 0 amide bonds. The Morgan fingerprint density at radius 1 is 0.248 bits per heavy atom. The summed E-state index contributed by atoms with van der Waals surface area (Å²) < 4.78 is 38.5. The molecule has 12 aromatic rings. The molecule has 5 aliphatic heterocycles. The van der Waals surface area contributed by atoms with E-state index in [9.17, 15) is 0 Å². The molecule has 7 aromatic carbocycles. The number of aromatic nitrogens is 6. The molecular weight excluding hydrogens is 1450 g/mol. The van der Waals surface area contributed by atoms with Crippen LogP contribution >= 0.6 is 0 Å². The Bertz CT molecular complexity index is 5530. The van der Waals surface area contributed by atoms with Crippen LogP contribution in [0.25, 0.3) is 135 Å². The number of fused-ring (bicyclic) bond motifs is 10. The quantitative estimate of drug-likeness (QED) is 0.123. The molecule has 10 heterocycles. The molecule has 0 aliphatic carbocycles. The SMILES string of the molecule is CC(C)(C)c1cc(-c2c3nc(c(-c4cc(C(C)(C)C)cc(C(C)(C)C)c4)c4ccc([n-]4)c(-c4cc(C(C)(C)C)cc(C(C)(C)C)c4)c4nc(c(-c5cc6cc(c5)OCCOCCOc5ccc(cc5)-c5ccc7ccc8ccc(nc8c7n5)-c5ccc(cc5)OCCOCCO6)c5ccc2[n-]5)C=C4)C=C3)cc(C(C)(C)C)c1.[Zn+2]. The molecule has 0 fully saturated rings. The third kappa shape index (κ3) is 17.4. The molecule has 12 nitrogen and oxygen atoms in total. The molecule has 0 saturated carbocycles. The fourth-order valence-electron chi connectivity index (χ4n) is 14.7. The zero-order chi connectivity index (χ0) is 78.8. The van der Waals surface area contributed by atoms with Gasteiger partial charge >= 0.3 is 19.5 Å². The van der Waals surface area contributed by atoms with Crippen LogP contribution in [0.2, 0.25) is 0 Å². The molecular formula is C100H104N6O6Zn. The first-order valence-corrected chi connectivity index (χ1v) is 39.5. The maximum absolute atomic E-state index is 6.76. The minimum absolute atomic E-state index is 0. The molecule has 5 aromatic heterocycles. The summed E-state index contributed by atoms with van der Waals surface area (Å²) in [5.74, 6) is 2.61. The van der Waals surface area contributed by atoms with Crippen LogP contribution in [0, 0.1) is 0 Å². The molecule has 0 saturated heterocycles. The van der Waals surface area contributed by atoms with Crippen LogP contribution in [-0.2, 0) is 61.4 Å². The van der Waals surface area contributed by atoms with Crippen molar-refractivity contribution in [3.8, 4) is 90.0 Å². The van der Waals surface area contributed by atoms with E-state index in [2.05, 4.69) is 276 Å². The first-order chi connectivity index (χ1) is 53.2. The Labute approximate surface area is 679 Å². The largest absolute Gasteiger partial charge is 2.00 e. The number of hydrogen-bond donors (Lipinski definition) is 0. The maximum atomic E-state index is 6.76. The topological polar surface area (TPSA) is 135 Å². The summed E-state index contributed by atoms with van der Waals surface area (Å²) in [6.07, 6.45) is 8.66. The predicted molar refractivity (Wildman–Crippen MR) is 462 cm³/mol. The molecule has 572 valence electrons. The Kier molecular flexibility index (Phi) is 21.9. The first-order valence-electron chi connectivity index (χ1n) is 39.5. The van der Waals surface area contributed by atoms with Gasteiger partial charge in [0, 0.05) is 28.0 Å². The first kappa shape index (κ1) is 79.4. The second kappa shape index (κ2) is 31.2. The van der Waals surface area contributed by atoms with Gasteiger partial charge in [0.05, 0.1) is 71.6 Å². The Hall–Kier alpha value is -10.3. The van der Waals surface area contributed by atoms with Crippen LogP contribution in [0.1, 0.15) is 181 Å². The summed E-state index contributed by atoms with van der Waals surface area (Å²) in [7, 11) is 0. The average Bonchev–Trinajstić information content (AvgIpc) is 1.62. The summed E-state index contributed by atoms with van der Waals surface area (Å²) in [5, 5.41) is 2.04. The van der Waals surface area contributed by atoms with Gasteiger partial charge in [-0.1, -0.05) is 228 Å². The summed E-state index contributed by atoms with van der Waals surface area (Å²) in [4.78, 5) is 33.8. The predicted octanol–water partition coefficient (Wildman–Crippen LogP) is 24.1. The van der Waals surface area contributed by atoms with E-state index in [0.29, 0.717) is 62.4 Å². The van der Waals surface area contributed by atoms with Crippen LogP contribution in [0.5, 0.6) is 23.0 Å². The van der Waals surface area contributed by atoms with Crippen LogP contribution in [0.3, 0.4) is 0 Å². The second-order valence-electron chi connectivity index (χ2n) is 36.2. The number of nitrogens with zero attached hydrogens (tertiary/aromatic N) is 6. The van der Waals surface area contributed by atoms with Crippen molar-refractivity contribution in [2.45, 2.75) is 157 Å². The van der Waals surface area contributed by atoms with E-state index in [4.69, 9.17) is 58.3 Å². The maximum Gasteiger partial charge on any atom is 2.00 e. The molecule has 0 unspecified atom stereocenters. The summed E-state index contributed by atoms with van der Waals surface area (Å²) in [6, 6.07) is 64.6. The normalized spacial score (nSPS) is 14.2. The van der Waals surface area contributed by atoms with Crippen molar-refractivity contribution in [3.05, 3.63) is 238 Å². The zero-order valence-corrected chi connectivity index (χ0v) is 72.1. The van der Waals surface area contributed by atoms with Gasteiger partial charge in [-0.25, -0.2) is 19.9 Å². The van der Waals surface area contributed by atoms with Crippen molar-refractivity contribution >= 4 is 68.2 Å². The van der Waals surface area contributed by atoms with Gasteiger partial charge in [-0.05, 0) is 207 Å². The number of pyridine rings is 2. The number of rotatable bonds is 4.